The highest BCUT2D eigenvalue weighted by molar-refractivity contribution is 5.95. The van der Waals surface area contributed by atoms with Crippen LogP contribution in [0.15, 0.2) is 24.3 Å². The van der Waals surface area contributed by atoms with Crippen LogP contribution in [0.4, 0.5) is 0 Å². The molecular weight excluding hydrogens is 270 g/mol. The van der Waals surface area contributed by atoms with E-state index in [2.05, 4.69) is 0 Å². The largest absolute Gasteiger partial charge is 0.491 e. The molecule has 0 saturated heterocycles. The maximum atomic E-state index is 11.5. The third-order valence-corrected chi connectivity index (χ3v) is 3.44. The summed E-state index contributed by atoms with van der Waals surface area (Å²) in [5.74, 6) is 0.738. The molecule has 0 aromatic heterocycles. The van der Waals surface area contributed by atoms with Gasteiger partial charge in [0.05, 0.1) is 6.61 Å². The number of aliphatic hydroxyl groups excluding tert-OH is 2. The maximum absolute atomic E-state index is 11.5. The Labute approximate surface area is 125 Å². The summed E-state index contributed by atoms with van der Waals surface area (Å²) in [7, 11) is 0. The zero-order valence-corrected chi connectivity index (χ0v) is 12.8. The molecule has 0 aliphatic rings. The van der Waals surface area contributed by atoms with E-state index in [0.29, 0.717) is 24.3 Å². The average molecular weight is 296 g/mol. The van der Waals surface area contributed by atoms with Crippen LogP contribution in [0, 0.1) is 0 Å². The second-order valence-electron chi connectivity index (χ2n) is 5.09. The van der Waals surface area contributed by atoms with Crippen molar-refractivity contribution in [2.45, 2.75) is 38.8 Å². The number of carbonyl (C=O) groups is 1. The minimum atomic E-state index is -0.595. The molecule has 0 amide bonds. The van der Waals surface area contributed by atoms with Gasteiger partial charge >= 0.3 is 0 Å². The minimum absolute atomic E-state index is 0.103. The SMILES string of the molecule is CCC(=O)c1ccc(OC[C@@H](O)C[NH2+][C@H](CC)CO)cc1. The van der Waals surface area contributed by atoms with Crippen molar-refractivity contribution in [3.63, 3.8) is 0 Å². The Bertz CT molecular complexity index is 415. The van der Waals surface area contributed by atoms with Crippen molar-refractivity contribution in [3.05, 3.63) is 29.8 Å². The fraction of sp³-hybridized carbons (Fsp3) is 0.562. The number of ether oxygens (including phenoxy) is 1. The van der Waals surface area contributed by atoms with E-state index in [4.69, 9.17) is 9.84 Å². The smallest absolute Gasteiger partial charge is 0.162 e. The van der Waals surface area contributed by atoms with Gasteiger partial charge in [0.15, 0.2) is 5.78 Å². The number of hydrogen-bond acceptors (Lipinski definition) is 4. The summed E-state index contributed by atoms with van der Waals surface area (Å²) >= 11 is 0. The summed E-state index contributed by atoms with van der Waals surface area (Å²) < 4.78 is 5.49. The first-order valence-electron chi connectivity index (χ1n) is 7.49. The van der Waals surface area contributed by atoms with E-state index in [1.165, 1.54) is 0 Å². The molecule has 0 bridgehead atoms. The average Bonchev–Trinajstić information content (AvgIpc) is 2.53. The molecule has 0 heterocycles. The van der Waals surface area contributed by atoms with Gasteiger partial charge in [-0.25, -0.2) is 0 Å². The van der Waals surface area contributed by atoms with Crippen molar-refractivity contribution < 1.29 is 25.1 Å². The summed E-state index contributed by atoms with van der Waals surface area (Å²) in [5, 5.41) is 20.8. The Morgan fingerprint density at radius 2 is 1.95 bits per heavy atom. The van der Waals surface area contributed by atoms with Gasteiger partial charge in [-0.3, -0.25) is 4.79 Å². The molecular formula is C16H26NO4+. The van der Waals surface area contributed by atoms with Gasteiger partial charge in [-0.15, -0.1) is 0 Å². The van der Waals surface area contributed by atoms with Gasteiger partial charge in [0.25, 0.3) is 0 Å². The molecule has 0 radical (unpaired) electrons. The highest BCUT2D eigenvalue weighted by Crippen LogP contribution is 2.13. The number of hydrogen-bond donors (Lipinski definition) is 3. The van der Waals surface area contributed by atoms with E-state index in [9.17, 15) is 9.90 Å². The quantitative estimate of drug-likeness (QED) is 0.544. The van der Waals surface area contributed by atoms with Crippen LogP contribution in [0.1, 0.15) is 37.0 Å². The molecule has 0 aliphatic heterocycles. The van der Waals surface area contributed by atoms with E-state index in [1.54, 1.807) is 24.3 Å². The number of aliphatic hydroxyl groups is 2. The summed E-state index contributed by atoms with van der Waals surface area (Å²) in [6, 6.07) is 7.07. The zero-order valence-electron chi connectivity index (χ0n) is 12.8. The van der Waals surface area contributed by atoms with Crippen LogP contribution in [-0.4, -0.2) is 47.9 Å². The van der Waals surface area contributed by atoms with Gasteiger partial charge in [0, 0.05) is 12.0 Å². The number of Topliss-reactive ketones (excluding diaryl/α,β-unsaturated/α-hetero) is 1. The predicted molar refractivity (Wildman–Crippen MR) is 80.5 cm³/mol. The Hall–Kier alpha value is -1.43. The van der Waals surface area contributed by atoms with Crippen LogP contribution in [0.5, 0.6) is 5.75 Å². The second kappa shape index (κ2) is 9.50. The predicted octanol–water partition coefficient (Wildman–Crippen LogP) is 0.353. The summed E-state index contributed by atoms with van der Waals surface area (Å²) in [5.41, 5.74) is 0.674. The third-order valence-electron chi connectivity index (χ3n) is 3.44. The molecule has 21 heavy (non-hydrogen) atoms. The molecule has 5 heteroatoms. The Morgan fingerprint density at radius 1 is 1.29 bits per heavy atom. The van der Waals surface area contributed by atoms with Gasteiger partial charge in [0.1, 0.15) is 31.0 Å². The van der Waals surface area contributed by atoms with Crippen LogP contribution >= 0.6 is 0 Å². The molecule has 5 nitrogen and oxygen atoms in total. The number of nitrogens with two attached hydrogens (primary N) is 1. The lowest BCUT2D eigenvalue weighted by atomic mass is 10.1. The highest BCUT2D eigenvalue weighted by Gasteiger charge is 2.12. The lowest BCUT2D eigenvalue weighted by Gasteiger charge is -2.15. The molecule has 1 aromatic rings. The van der Waals surface area contributed by atoms with Gasteiger partial charge < -0.3 is 20.3 Å². The molecule has 1 rings (SSSR count). The number of quaternary nitrogens is 1. The number of benzene rings is 1. The van der Waals surface area contributed by atoms with Crippen molar-refractivity contribution in [1.29, 1.82) is 0 Å². The fourth-order valence-corrected chi connectivity index (χ4v) is 1.92. The number of ketones is 1. The van der Waals surface area contributed by atoms with Crippen molar-refractivity contribution in [3.8, 4) is 5.75 Å². The summed E-state index contributed by atoms with van der Waals surface area (Å²) in [6.45, 7) is 4.62. The second-order valence-corrected chi connectivity index (χ2v) is 5.09. The summed E-state index contributed by atoms with van der Waals surface area (Å²) in [4.78, 5) is 11.5. The van der Waals surface area contributed by atoms with Crippen molar-refractivity contribution >= 4 is 5.78 Å². The van der Waals surface area contributed by atoms with E-state index in [1.807, 2.05) is 19.2 Å². The molecule has 0 saturated carbocycles. The standard InChI is InChI=1S/C16H25NO4/c1-3-13(10-18)17-9-14(19)11-21-15-7-5-12(6-8-15)16(20)4-2/h5-8,13-14,17-19H,3-4,9-11H2,1-2H3/p+1/t13-,14+/m1/s1. The van der Waals surface area contributed by atoms with Crippen molar-refractivity contribution in [1.82, 2.24) is 0 Å². The lowest BCUT2D eigenvalue weighted by Crippen LogP contribution is -2.92. The maximum Gasteiger partial charge on any atom is 0.162 e. The van der Waals surface area contributed by atoms with E-state index in [-0.39, 0.29) is 25.0 Å². The van der Waals surface area contributed by atoms with Gasteiger partial charge in [-0.1, -0.05) is 13.8 Å². The van der Waals surface area contributed by atoms with Crippen LogP contribution < -0.4 is 10.1 Å². The summed E-state index contributed by atoms with van der Waals surface area (Å²) in [6.07, 6.45) is 0.748. The van der Waals surface area contributed by atoms with Crippen molar-refractivity contribution in [2.24, 2.45) is 0 Å². The molecule has 0 fully saturated rings. The Balaban J connectivity index is 2.35. The lowest BCUT2D eigenvalue weighted by molar-refractivity contribution is -0.696. The minimum Gasteiger partial charge on any atom is -0.491 e. The first-order chi connectivity index (χ1) is 10.1. The Morgan fingerprint density at radius 3 is 2.48 bits per heavy atom. The monoisotopic (exact) mass is 296 g/mol. The molecule has 0 aliphatic carbocycles. The fourth-order valence-electron chi connectivity index (χ4n) is 1.92. The topological polar surface area (TPSA) is 83.4 Å². The van der Waals surface area contributed by atoms with Gasteiger partial charge in [-0.05, 0) is 30.7 Å². The molecule has 2 atom stereocenters. The Kier molecular flexibility index (Phi) is 7.97. The van der Waals surface area contributed by atoms with E-state index < -0.39 is 6.10 Å². The van der Waals surface area contributed by atoms with E-state index >= 15 is 0 Å². The van der Waals surface area contributed by atoms with Crippen LogP contribution in [-0.2, 0) is 0 Å². The molecule has 0 spiro atoms. The highest BCUT2D eigenvalue weighted by atomic mass is 16.5. The molecule has 1 aromatic carbocycles. The van der Waals surface area contributed by atoms with Gasteiger partial charge in [0.2, 0.25) is 0 Å². The van der Waals surface area contributed by atoms with Crippen LogP contribution in [0.2, 0.25) is 0 Å². The van der Waals surface area contributed by atoms with Crippen LogP contribution in [0.3, 0.4) is 0 Å². The molecule has 4 N–H and O–H groups in total. The molecule has 118 valence electrons. The molecule has 0 unspecified atom stereocenters. The van der Waals surface area contributed by atoms with E-state index in [0.717, 1.165) is 6.42 Å². The number of rotatable bonds is 10. The van der Waals surface area contributed by atoms with Gasteiger partial charge in [-0.2, -0.15) is 0 Å². The first-order valence-corrected chi connectivity index (χ1v) is 7.49. The van der Waals surface area contributed by atoms with Crippen LogP contribution in [0.25, 0.3) is 0 Å². The normalized spacial score (nSPS) is 13.7. The zero-order chi connectivity index (χ0) is 15.7. The van der Waals surface area contributed by atoms with Crippen molar-refractivity contribution in [2.75, 3.05) is 19.8 Å². The first kappa shape index (κ1) is 17.6. The third kappa shape index (κ3) is 6.25. The number of carbonyl (C=O) groups excluding carboxylic acids is 1.